The number of hydrogen-bond acceptors (Lipinski definition) is 4. The molecule has 1 N–H and O–H groups in total. The molecule has 3 aromatic rings. The number of aromatic amines is 1. The summed E-state index contributed by atoms with van der Waals surface area (Å²) in [5.74, 6) is 0.974. The number of halogens is 1. The third-order valence-corrected chi connectivity index (χ3v) is 5.56. The Kier molecular flexibility index (Phi) is 4.56. The summed E-state index contributed by atoms with van der Waals surface area (Å²) in [4.78, 5) is 12.9. The predicted octanol–water partition coefficient (Wildman–Crippen LogP) is 4.43. The third-order valence-electron chi connectivity index (χ3n) is 4.00. The Labute approximate surface area is 149 Å². The maximum Gasteiger partial charge on any atom is 0.107 e. The van der Waals surface area contributed by atoms with Gasteiger partial charge in [0.05, 0.1) is 12.7 Å². The summed E-state index contributed by atoms with van der Waals surface area (Å²) in [6.45, 7) is 0.537. The number of pyridine rings is 1. The molecule has 1 aromatic carbocycles. The smallest absolute Gasteiger partial charge is 0.107 e. The molecule has 3 heterocycles. The van der Waals surface area contributed by atoms with Crippen molar-refractivity contribution in [2.24, 2.45) is 0 Å². The highest BCUT2D eigenvalue weighted by atomic mass is 35.5. The van der Waals surface area contributed by atoms with E-state index in [0.29, 0.717) is 6.61 Å². The highest BCUT2D eigenvalue weighted by Crippen LogP contribution is 2.48. The summed E-state index contributed by atoms with van der Waals surface area (Å²) >= 11 is 7.96. The number of nitrogens with one attached hydrogen (secondary N) is 1. The van der Waals surface area contributed by atoms with Gasteiger partial charge < -0.3 is 9.72 Å². The Morgan fingerprint density at radius 1 is 1.25 bits per heavy atom. The van der Waals surface area contributed by atoms with Crippen molar-refractivity contribution in [2.75, 3.05) is 0 Å². The summed E-state index contributed by atoms with van der Waals surface area (Å²) in [6.07, 6.45) is 8.07. The van der Waals surface area contributed by atoms with Gasteiger partial charge in [0.25, 0.3) is 0 Å². The topological polar surface area (TPSA) is 50.8 Å². The first-order valence-electron chi connectivity index (χ1n) is 7.74. The average molecular weight is 358 g/mol. The van der Waals surface area contributed by atoms with Crippen molar-refractivity contribution in [2.45, 2.75) is 29.3 Å². The highest BCUT2D eigenvalue weighted by Gasteiger charge is 2.35. The second-order valence-corrected chi connectivity index (χ2v) is 7.39. The normalized spacial score (nSPS) is 19.4. The second kappa shape index (κ2) is 6.97. The predicted molar refractivity (Wildman–Crippen MR) is 95.2 cm³/mol. The number of aromatic nitrogens is 3. The van der Waals surface area contributed by atoms with Gasteiger partial charge in [-0.3, -0.25) is 4.98 Å². The lowest BCUT2D eigenvalue weighted by Gasteiger charge is -2.19. The van der Waals surface area contributed by atoms with Crippen molar-refractivity contribution >= 4 is 23.4 Å². The highest BCUT2D eigenvalue weighted by molar-refractivity contribution is 8.00. The van der Waals surface area contributed by atoms with Crippen LogP contribution in [0.3, 0.4) is 0 Å². The van der Waals surface area contributed by atoms with Crippen LogP contribution >= 0.6 is 23.4 Å². The molecule has 0 aliphatic carbocycles. The zero-order chi connectivity index (χ0) is 16.4. The summed E-state index contributed by atoms with van der Waals surface area (Å²) < 4.78 is 6.27. The van der Waals surface area contributed by atoms with Gasteiger partial charge in [0.2, 0.25) is 0 Å². The van der Waals surface area contributed by atoms with Gasteiger partial charge in [-0.2, -0.15) is 0 Å². The Balaban J connectivity index is 1.56. The summed E-state index contributed by atoms with van der Waals surface area (Å²) in [7, 11) is 0. The Bertz CT molecular complexity index is 810. The van der Waals surface area contributed by atoms with E-state index >= 15 is 0 Å². The summed E-state index contributed by atoms with van der Waals surface area (Å²) in [6, 6.07) is 9.97. The molecule has 1 aliphatic rings. The van der Waals surface area contributed by atoms with Crippen LogP contribution in [-0.2, 0) is 17.8 Å². The number of thioether (sulfide) groups is 1. The number of fused-ring (bicyclic) bond motifs is 1. The zero-order valence-electron chi connectivity index (χ0n) is 12.9. The fraction of sp³-hybridized carbons (Fsp3) is 0.222. The standard InChI is InChI=1S/C18H16ClN3OS/c19-13-3-4-14-15(8-13)24-16(9-17-21-6-7-22-17)18(14)23-11-12-2-1-5-20-10-12/h1-8,10,16,18H,9,11H2,(H,21,22)/t16-,18-/m0/s1. The number of ether oxygens (including phenoxy) is 1. The van der Waals surface area contributed by atoms with E-state index in [1.807, 2.05) is 36.7 Å². The molecule has 0 bridgehead atoms. The fourth-order valence-corrected chi connectivity index (χ4v) is 4.55. The van der Waals surface area contributed by atoms with Crippen LogP contribution < -0.4 is 0 Å². The molecule has 6 heteroatoms. The van der Waals surface area contributed by atoms with E-state index in [-0.39, 0.29) is 11.4 Å². The molecular formula is C18H16ClN3OS. The van der Waals surface area contributed by atoms with Crippen molar-refractivity contribution in [3.05, 3.63) is 77.1 Å². The molecule has 2 atom stereocenters. The minimum atomic E-state index is 0.00701. The first-order valence-corrected chi connectivity index (χ1v) is 9.00. The Morgan fingerprint density at radius 2 is 2.21 bits per heavy atom. The van der Waals surface area contributed by atoms with Gasteiger partial charge in [-0.1, -0.05) is 23.7 Å². The zero-order valence-corrected chi connectivity index (χ0v) is 14.4. The number of imidazole rings is 1. The molecular weight excluding hydrogens is 342 g/mol. The lowest BCUT2D eigenvalue weighted by molar-refractivity contribution is 0.0390. The lowest BCUT2D eigenvalue weighted by Crippen LogP contribution is -2.17. The first-order chi connectivity index (χ1) is 11.8. The number of rotatable bonds is 5. The SMILES string of the molecule is Clc1ccc2c(c1)S[C@@H](Cc1ncc[nH]1)[C@H]2OCc1cccnc1. The molecule has 0 saturated carbocycles. The molecule has 0 saturated heterocycles. The molecule has 0 radical (unpaired) electrons. The van der Waals surface area contributed by atoms with E-state index in [4.69, 9.17) is 16.3 Å². The molecule has 24 heavy (non-hydrogen) atoms. The summed E-state index contributed by atoms with van der Waals surface area (Å²) in [5, 5.41) is 1.02. The van der Waals surface area contributed by atoms with Crippen LogP contribution in [0.2, 0.25) is 5.02 Å². The maximum atomic E-state index is 6.27. The lowest BCUT2D eigenvalue weighted by atomic mass is 10.0. The number of benzene rings is 1. The van der Waals surface area contributed by atoms with E-state index < -0.39 is 0 Å². The second-order valence-electron chi connectivity index (χ2n) is 5.67. The van der Waals surface area contributed by atoms with E-state index in [0.717, 1.165) is 22.8 Å². The van der Waals surface area contributed by atoms with Gasteiger partial charge in [0.15, 0.2) is 0 Å². The van der Waals surface area contributed by atoms with Crippen molar-refractivity contribution in [3.63, 3.8) is 0 Å². The fourth-order valence-electron chi connectivity index (χ4n) is 2.89. The average Bonchev–Trinajstić information content (AvgIpc) is 3.21. The molecule has 1 aliphatic heterocycles. The van der Waals surface area contributed by atoms with Gasteiger partial charge >= 0.3 is 0 Å². The van der Waals surface area contributed by atoms with E-state index in [1.165, 1.54) is 10.5 Å². The van der Waals surface area contributed by atoms with Crippen LogP contribution in [0.4, 0.5) is 0 Å². The van der Waals surface area contributed by atoms with Crippen LogP contribution in [0, 0.1) is 0 Å². The van der Waals surface area contributed by atoms with E-state index in [9.17, 15) is 0 Å². The number of H-pyrrole nitrogens is 1. The molecule has 0 unspecified atom stereocenters. The van der Waals surface area contributed by atoms with Gasteiger partial charge in [0, 0.05) is 46.4 Å². The van der Waals surface area contributed by atoms with Crippen LogP contribution in [0.25, 0.3) is 0 Å². The van der Waals surface area contributed by atoms with Crippen molar-refractivity contribution < 1.29 is 4.74 Å². The Hall–Kier alpha value is -1.82. The molecule has 4 rings (SSSR count). The van der Waals surface area contributed by atoms with E-state index in [1.54, 1.807) is 24.2 Å². The van der Waals surface area contributed by atoms with Gasteiger partial charge in [-0.15, -0.1) is 11.8 Å². The first kappa shape index (κ1) is 15.7. The molecule has 122 valence electrons. The minimum absolute atomic E-state index is 0.00701. The van der Waals surface area contributed by atoms with Crippen LogP contribution in [0.1, 0.15) is 23.1 Å². The largest absolute Gasteiger partial charge is 0.368 e. The van der Waals surface area contributed by atoms with Crippen molar-refractivity contribution in [1.82, 2.24) is 15.0 Å². The van der Waals surface area contributed by atoms with Crippen molar-refractivity contribution in [3.8, 4) is 0 Å². The molecule has 0 amide bonds. The number of nitrogens with zero attached hydrogens (tertiary/aromatic N) is 2. The van der Waals surface area contributed by atoms with Crippen LogP contribution in [-0.4, -0.2) is 20.2 Å². The molecule has 0 fully saturated rings. The van der Waals surface area contributed by atoms with Crippen molar-refractivity contribution in [1.29, 1.82) is 0 Å². The monoisotopic (exact) mass is 357 g/mol. The molecule has 4 nitrogen and oxygen atoms in total. The van der Waals surface area contributed by atoms with E-state index in [2.05, 4.69) is 21.0 Å². The van der Waals surface area contributed by atoms with Gasteiger partial charge in [0.1, 0.15) is 5.82 Å². The quantitative estimate of drug-likeness (QED) is 0.733. The minimum Gasteiger partial charge on any atom is -0.368 e. The van der Waals surface area contributed by atoms with Gasteiger partial charge in [-0.25, -0.2) is 4.98 Å². The number of hydrogen-bond donors (Lipinski definition) is 1. The Morgan fingerprint density at radius 3 is 3.00 bits per heavy atom. The maximum absolute atomic E-state index is 6.27. The molecule has 0 spiro atoms. The van der Waals surface area contributed by atoms with Crippen LogP contribution in [0.15, 0.2) is 60.0 Å². The van der Waals surface area contributed by atoms with Gasteiger partial charge in [-0.05, 0) is 29.3 Å². The molecule has 2 aromatic heterocycles. The third kappa shape index (κ3) is 3.34. The van der Waals surface area contributed by atoms with Crippen LogP contribution in [0.5, 0.6) is 0 Å². The summed E-state index contributed by atoms with van der Waals surface area (Å²) in [5.41, 5.74) is 2.27.